The van der Waals surface area contributed by atoms with Crippen molar-refractivity contribution in [3.63, 3.8) is 0 Å². The summed E-state index contributed by atoms with van der Waals surface area (Å²) in [7, 11) is 0. The third kappa shape index (κ3) is 4.60. The molecule has 0 spiro atoms. The Bertz CT molecular complexity index is 474. The van der Waals surface area contributed by atoms with Crippen LogP contribution in [0.1, 0.15) is 13.8 Å². The highest BCUT2D eigenvalue weighted by molar-refractivity contribution is 8.00. The Morgan fingerprint density at radius 1 is 1.26 bits per heavy atom. The number of nitrogens with one attached hydrogen (secondary N) is 1. The molecule has 1 atom stereocenters. The van der Waals surface area contributed by atoms with Crippen LogP contribution in [-0.4, -0.2) is 17.2 Å². The number of amides is 3. The number of urea groups is 1. The number of primary amides is 1. The molecule has 0 fully saturated rings. The normalized spacial score (nSPS) is 12.3. The zero-order valence-corrected chi connectivity index (χ0v) is 12.8. The van der Waals surface area contributed by atoms with Gasteiger partial charge in [0.1, 0.15) is 0 Å². The second kappa shape index (κ2) is 7.03. The second-order valence-electron chi connectivity index (χ2n) is 4.19. The first-order valence-electron chi connectivity index (χ1n) is 5.54. The van der Waals surface area contributed by atoms with Gasteiger partial charge in [-0.15, -0.1) is 11.8 Å². The average Bonchev–Trinajstić information content (AvgIpc) is 2.26. The van der Waals surface area contributed by atoms with Gasteiger partial charge in [0.05, 0.1) is 15.3 Å². The quantitative estimate of drug-likeness (QED) is 0.836. The fraction of sp³-hybridized carbons (Fsp3) is 0.333. The largest absolute Gasteiger partial charge is 0.351 e. The van der Waals surface area contributed by atoms with Crippen LogP contribution >= 0.6 is 35.0 Å². The maximum absolute atomic E-state index is 11.9. The number of halogens is 2. The number of rotatable bonds is 4. The highest BCUT2D eigenvalue weighted by Crippen LogP contribution is 2.38. The Morgan fingerprint density at radius 3 is 2.21 bits per heavy atom. The number of benzene rings is 1. The minimum absolute atomic E-state index is 0.0170. The lowest BCUT2D eigenvalue weighted by atomic mass is 10.1. The molecule has 3 N–H and O–H groups in total. The van der Waals surface area contributed by atoms with Crippen LogP contribution in [0.4, 0.5) is 4.79 Å². The zero-order valence-electron chi connectivity index (χ0n) is 10.4. The van der Waals surface area contributed by atoms with Gasteiger partial charge < -0.3 is 5.73 Å². The molecule has 1 rings (SSSR count). The summed E-state index contributed by atoms with van der Waals surface area (Å²) in [4.78, 5) is 23.3. The van der Waals surface area contributed by atoms with Gasteiger partial charge in [0.15, 0.2) is 0 Å². The topological polar surface area (TPSA) is 72.2 Å². The molecule has 0 aliphatic rings. The van der Waals surface area contributed by atoms with E-state index in [1.165, 1.54) is 11.8 Å². The predicted octanol–water partition coefficient (Wildman–Crippen LogP) is 3.31. The molecule has 3 amide bonds. The molecule has 19 heavy (non-hydrogen) atoms. The van der Waals surface area contributed by atoms with Crippen LogP contribution < -0.4 is 11.1 Å². The van der Waals surface area contributed by atoms with Crippen LogP contribution in [0.2, 0.25) is 10.0 Å². The molecule has 0 aromatic heterocycles. The van der Waals surface area contributed by atoms with Crippen LogP contribution in [0.3, 0.4) is 0 Å². The minimum Gasteiger partial charge on any atom is -0.351 e. The van der Waals surface area contributed by atoms with Crippen molar-refractivity contribution in [2.75, 3.05) is 0 Å². The number of thioether (sulfide) groups is 1. The second-order valence-corrected chi connectivity index (χ2v) is 6.15. The Balaban J connectivity index is 2.96. The summed E-state index contributed by atoms with van der Waals surface area (Å²) in [5, 5.41) is 2.50. The fourth-order valence-corrected chi connectivity index (χ4v) is 3.13. The first-order valence-corrected chi connectivity index (χ1v) is 7.17. The molecule has 0 aliphatic heterocycles. The predicted molar refractivity (Wildman–Crippen MR) is 78.7 cm³/mol. The SMILES string of the molecule is CC(C)[C@@H](Sc1c(Cl)cccc1Cl)C(=O)NC(N)=O. The van der Waals surface area contributed by atoms with Crippen LogP contribution in [0.5, 0.6) is 0 Å². The summed E-state index contributed by atoms with van der Waals surface area (Å²) in [6.07, 6.45) is 0. The van der Waals surface area contributed by atoms with Crippen molar-refractivity contribution >= 4 is 46.9 Å². The van der Waals surface area contributed by atoms with Crippen LogP contribution in [0.15, 0.2) is 23.1 Å². The summed E-state index contributed by atoms with van der Waals surface area (Å²) >= 11 is 13.3. The third-order valence-electron chi connectivity index (χ3n) is 2.27. The van der Waals surface area contributed by atoms with Crippen LogP contribution in [0.25, 0.3) is 0 Å². The van der Waals surface area contributed by atoms with E-state index in [4.69, 9.17) is 28.9 Å². The van der Waals surface area contributed by atoms with Gasteiger partial charge in [-0.05, 0) is 18.1 Å². The van der Waals surface area contributed by atoms with Crippen molar-refractivity contribution in [3.8, 4) is 0 Å². The monoisotopic (exact) mass is 320 g/mol. The standard InChI is InChI=1S/C12H14Cl2N2O2S/c1-6(2)9(11(17)16-12(15)18)19-10-7(13)4-3-5-8(10)14/h3-6,9H,1-2H3,(H3,15,16,17,18)/t9-/m1/s1. The first-order chi connectivity index (χ1) is 8.82. The fourth-order valence-electron chi connectivity index (χ4n) is 1.41. The molecule has 0 unspecified atom stereocenters. The van der Waals surface area contributed by atoms with Gasteiger partial charge >= 0.3 is 6.03 Å². The molecule has 0 bridgehead atoms. The lowest BCUT2D eigenvalue weighted by Gasteiger charge is -2.19. The molecule has 7 heteroatoms. The summed E-state index contributed by atoms with van der Waals surface area (Å²) in [6, 6.07) is 4.24. The van der Waals surface area contributed by atoms with Gasteiger partial charge in [-0.3, -0.25) is 10.1 Å². The van der Waals surface area contributed by atoms with E-state index in [1.807, 2.05) is 13.8 Å². The van der Waals surface area contributed by atoms with Crippen molar-refractivity contribution in [1.29, 1.82) is 0 Å². The Kier molecular flexibility index (Phi) is 5.97. The average molecular weight is 321 g/mol. The van der Waals surface area contributed by atoms with Gasteiger partial charge in [0.25, 0.3) is 0 Å². The number of imide groups is 1. The molecule has 0 saturated heterocycles. The highest BCUT2D eigenvalue weighted by atomic mass is 35.5. The van der Waals surface area contributed by atoms with E-state index >= 15 is 0 Å². The molecule has 0 aliphatic carbocycles. The van der Waals surface area contributed by atoms with E-state index < -0.39 is 17.2 Å². The number of carbonyl (C=O) groups is 2. The van der Waals surface area contributed by atoms with Gasteiger partial charge in [0, 0.05) is 4.90 Å². The van der Waals surface area contributed by atoms with E-state index in [-0.39, 0.29) is 5.92 Å². The van der Waals surface area contributed by atoms with Crippen LogP contribution in [-0.2, 0) is 4.79 Å². The van der Waals surface area contributed by atoms with Crippen molar-refractivity contribution in [2.45, 2.75) is 24.0 Å². The highest BCUT2D eigenvalue weighted by Gasteiger charge is 2.26. The Morgan fingerprint density at radius 2 is 1.79 bits per heavy atom. The number of hydrogen-bond donors (Lipinski definition) is 2. The maximum atomic E-state index is 11.9. The molecule has 1 aromatic carbocycles. The molecule has 0 saturated carbocycles. The minimum atomic E-state index is -0.874. The molecule has 0 heterocycles. The van der Waals surface area contributed by atoms with E-state index in [9.17, 15) is 9.59 Å². The number of carbonyl (C=O) groups excluding carboxylic acids is 2. The van der Waals surface area contributed by atoms with E-state index in [0.29, 0.717) is 14.9 Å². The molecule has 4 nitrogen and oxygen atoms in total. The Hall–Kier alpha value is -0.910. The summed E-state index contributed by atoms with van der Waals surface area (Å²) in [6.45, 7) is 3.73. The number of nitrogens with two attached hydrogens (primary N) is 1. The van der Waals surface area contributed by atoms with Gasteiger partial charge in [-0.2, -0.15) is 0 Å². The molecule has 1 aromatic rings. The summed E-state index contributed by atoms with van der Waals surface area (Å²) in [5.74, 6) is -0.472. The lowest BCUT2D eigenvalue weighted by Crippen LogP contribution is -2.42. The summed E-state index contributed by atoms with van der Waals surface area (Å²) < 4.78 is 0. The number of hydrogen-bond acceptors (Lipinski definition) is 3. The Labute approximate surface area is 126 Å². The molecule has 0 radical (unpaired) electrons. The van der Waals surface area contributed by atoms with Crippen molar-refractivity contribution in [2.24, 2.45) is 11.7 Å². The maximum Gasteiger partial charge on any atom is 0.318 e. The summed E-state index contributed by atoms with van der Waals surface area (Å²) in [5.41, 5.74) is 4.95. The smallest absolute Gasteiger partial charge is 0.318 e. The molecular formula is C12H14Cl2N2O2S. The molecule has 104 valence electrons. The van der Waals surface area contributed by atoms with Crippen molar-refractivity contribution in [3.05, 3.63) is 28.2 Å². The third-order valence-corrected chi connectivity index (χ3v) is 4.82. The van der Waals surface area contributed by atoms with Crippen molar-refractivity contribution < 1.29 is 9.59 Å². The van der Waals surface area contributed by atoms with Crippen molar-refractivity contribution in [1.82, 2.24) is 5.32 Å². The van der Waals surface area contributed by atoms with E-state index in [0.717, 1.165) is 0 Å². The lowest BCUT2D eigenvalue weighted by molar-refractivity contribution is -0.120. The first kappa shape index (κ1) is 16.1. The zero-order chi connectivity index (χ0) is 14.6. The van der Waals surface area contributed by atoms with E-state index in [1.54, 1.807) is 18.2 Å². The van der Waals surface area contributed by atoms with Crippen LogP contribution in [0, 0.1) is 5.92 Å². The van der Waals surface area contributed by atoms with E-state index in [2.05, 4.69) is 5.32 Å². The molecular weight excluding hydrogens is 307 g/mol. The van der Waals surface area contributed by atoms with Gasteiger partial charge in [-0.1, -0.05) is 43.1 Å². The van der Waals surface area contributed by atoms with Gasteiger partial charge in [0.2, 0.25) is 5.91 Å². The van der Waals surface area contributed by atoms with Gasteiger partial charge in [-0.25, -0.2) is 4.79 Å².